The molecule has 0 unspecified atom stereocenters. The monoisotopic (exact) mass is 339 g/mol. The van der Waals surface area contributed by atoms with Crippen molar-refractivity contribution in [1.29, 1.82) is 0 Å². The molecule has 22 heavy (non-hydrogen) atoms. The smallest absolute Gasteiger partial charge is 0.262 e. The SMILES string of the molecule is COc1ccc(CO)cc1NS(=O)(=O)c1cccc(SC)c1. The van der Waals surface area contributed by atoms with Gasteiger partial charge in [0.15, 0.2) is 0 Å². The third-order valence-corrected chi connectivity index (χ3v) is 5.13. The normalized spacial score (nSPS) is 11.2. The van der Waals surface area contributed by atoms with Gasteiger partial charge in [0.2, 0.25) is 0 Å². The van der Waals surface area contributed by atoms with Crippen LogP contribution in [0.4, 0.5) is 5.69 Å². The first-order valence-corrected chi connectivity index (χ1v) is 9.15. The zero-order valence-electron chi connectivity index (χ0n) is 12.2. The molecule has 0 spiro atoms. The minimum atomic E-state index is -3.73. The van der Waals surface area contributed by atoms with E-state index < -0.39 is 10.0 Å². The van der Waals surface area contributed by atoms with Gasteiger partial charge in [0, 0.05) is 4.90 Å². The van der Waals surface area contributed by atoms with E-state index in [9.17, 15) is 13.5 Å². The summed E-state index contributed by atoms with van der Waals surface area (Å²) in [5, 5.41) is 9.19. The summed E-state index contributed by atoms with van der Waals surface area (Å²) in [6, 6.07) is 11.5. The Kier molecular flexibility index (Phi) is 5.33. The molecular formula is C15H17NO4S2. The summed E-state index contributed by atoms with van der Waals surface area (Å²) in [5.41, 5.74) is 0.889. The number of methoxy groups -OCH3 is 1. The molecule has 2 rings (SSSR count). The van der Waals surface area contributed by atoms with E-state index in [-0.39, 0.29) is 11.5 Å². The second-order valence-electron chi connectivity index (χ2n) is 4.48. The molecule has 2 aromatic rings. The van der Waals surface area contributed by atoms with Crippen LogP contribution in [0.3, 0.4) is 0 Å². The molecule has 0 saturated carbocycles. The highest BCUT2D eigenvalue weighted by atomic mass is 32.2. The van der Waals surface area contributed by atoms with E-state index in [1.807, 2.05) is 12.3 Å². The first kappa shape index (κ1) is 16.7. The summed E-state index contributed by atoms with van der Waals surface area (Å²) < 4.78 is 32.7. The molecule has 0 saturated heterocycles. The lowest BCUT2D eigenvalue weighted by molar-refractivity contribution is 0.281. The van der Waals surface area contributed by atoms with Crippen molar-refractivity contribution in [3.63, 3.8) is 0 Å². The van der Waals surface area contributed by atoms with Crippen LogP contribution in [0.1, 0.15) is 5.56 Å². The van der Waals surface area contributed by atoms with Crippen LogP contribution in [0.2, 0.25) is 0 Å². The van der Waals surface area contributed by atoms with E-state index in [1.165, 1.54) is 24.9 Å². The number of thioether (sulfide) groups is 1. The van der Waals surface area contributed by atoms with Gasteiger partial charge in [-0.1, -0.05) is 12.1 Å². The van der Waals surface area contributed by atoms with Crippen molar-refractivity contribution < 1.29 is 18.3 Å². The van der Waals surface area contributed by atoms with Gasteiger partial charge in [-0.3, -0.25) is 4.72 Å². The minimum Gasteiger partial charge on any atom is -0.495 e. The Hall–Kier alpha value is -1.70. The molecule has 2 aromatic carbocycles. The lowest BCUT2D eigenvalue weighted by atomic mass is 10.2. The third kappa shape index (κ3) is 3.73. The largest absolute Gasteiger partial charge is 0.495 e. The van der Waals surface area contributed by atoms with E-state index in [0.29, 0.717) is 17.0 Å². The highest BCUT2D eigenvalue weighted by Crippen LogP contribution is 2.29. The van der Waals surface area contributed by atoms with Crippen LogP contribution in [-0.2, 0) is 16.6 Å². The number of aliphatic hydroxyl groups excluding tert-OH is 1. The van der Waals surface area contributed by atoms with Gasteiger partial charge in [-0.25, -0.2) is 8.42 Å². The molecule has 0 atom stereocenters. The third-order valence-electron chi connectivity index (χ3n) is 3.04. The van der Waals surface area contributed by atoms with Crippen molar-refractivity contribution in [3.8, 4) is 5.75 Å². The number of benzene rings is 2. The van der Waals surface area contributed by atoms with Crippen LogP contribution < -0.4 is 9.46 Å². The Labute approximate surface area is 134 Å². The van der Waals surface area contributed by atoms with Gasteiger partial charge in [-0.05, 0) is 42.2 Å². The van der Waals surface area contributed by atoms with E-state index in [4.69, 9.17) is 4.74 Å². The van der Waals surface area contributed by atoms with Crippen LogP contribution >= 0.6 is 11.8 Å². The van der Waals surface area contributed by atoms with Crippen molar-refractivity contribution in [3.05, 3.63) is 48.0 Å². The van der Waals surface area contributed by atoms with Gasteiger partial charge in [0.25, 0.3) is 10.0 Å². The van der Waals surface area contributed by atoms with Crippen LogP contribution in [0, 0.1) is 0 Å². The van der Waals surface area contributed by atoms with Gasteiger partial charge in [-0.15, -0.1) is 11.8 Å². The van der Waals surface area contributed by atoms with Crippen LogP contribution in [0.15, 0.2) is 52.3 Å². The molecule has 5 nitrogen and oxygen atoms in total. The maximum absolute atomic E-state index is 12.5. The molecule has 118 valence electrons. The molecule has 0 aromatic heterocycles. The lowest BCUT2D eigenvalue weighted by Gasteiger charge is -2.13. The first-order chi connectivity index (χ1) is 10.5. The van der Waals surface area contributed by atoms with E-state index in [1.54, 1.807) is 30.3 Å². The van der Waals surface area contributed by atoms with E-state index in [2.05, 4.69) is 4.72 Å². The second-order valence-corrected chi connectivity index (χ2v) is 7.04. The van der Waals surface area contributed by atoms with Crippen molar-refractivity contribution in [2.24, 2.45) is 0 Å². The summed E-state index contributed by atoms with van der Waals surface area (Å²) in [5.74, 6) is 0.391. The number of hydrogen-bond acceptors (Lipinski definition) is 5. The molecule has 0 amide bonds. The summed E-state index contributed by atoms with van der Waals surface area (Å²) in [7, 11) is -2.27. The average Bonchev–Trinajstić information content (AvgIpc) is 2.54. The molecule has 7 heteroatoms. The Morgan fingerprint density at radius 3 is 2.64 bits per heavy atom. The quantitative estimate of drug-likeness (QED) is 0.792. The predicted molar refractivity (Wildman–Crippen MR) is 87.9 cm³/mol. The predicted octanol–water partition coefficient (Wildman–Crippen LogP) is 2.71. The van der Waals surface area contributed by atoms with Gasteiger partial charge in [0.05, 0.1) is 24.3 Å². The maximum atomic E-state index is 12.5. The summed E-state index contributed by atoms with van der Waals surface area (Å²) in [6.45, 7) is -0.180. The van der Waals surface area contributed by atoms with Crippen molar-refractivity contribution >= 4 is 27.5 Å². The highest BCUT2D eigenvalue weighted by Gasteiger charge is 2.17. The highest BCUT2D eigenvalue weighted by molar-refractivity contribution is 7.98. The van der Waals surface area contributed by atoms with Crippen molar-refractivity contribution in [2.45, 2.75) is 16.4 Å². The molecule has 0 aliphatic carbocycles. The first-order valence-electron chi connectivity index (χ1n) is 6.45. The number of hydrogen-bond donors (Lipinski definition) is 2. The van der Waals surface area contributed by atoms with E-state index >= 15 is 0 Å². The fraction of sp³-hybridized carbons (Fsp3) is 0.200. The number of nitrogens with one attached hydrogen (secondary N) is 1. The zero-order valence-corrected chi connectivity index (χ0v) is 13.9. The molecule has 0 aliphatic rings. The van der Waals surface area contributed by atoms with Crippen LogP contribution in [0.25, 0.3) is 0 Å². The Morgan fingerprint density at radius 1 is 1.23 bits per heavy atom. The lowest BCUT2D eigenvalue weighted by Crippen LogP contribution is -2.14. The zero-order chi connectivity index (χ0) is 16.2. The van der Waals surface area contributed by atoms with Crippen molar-refractivity contribution in [2.75, 3.05) is 18.1 Å². The number of rotatable bonds is 6. The second kappa shape index (κ2) is 7.04. The minimum absolute atomic E-state index is 0.177. The van der Waals surface area contributed by atoms with Crippen molar-refractivity contribution in [1.82, 2.24) is 0 Å². The number of sulfonamides is 1. The molecule has 2 N–H and O–H groups in total. The molecule has 0 aliphatic heterocycles. The van der Waals surface area contributed by atoms with Gasteiger partial charge < -0.3 is 9.84 Å². The molecular weight excluding hydrogens is 322 g/mol. The van der Waals surface area contributed by atoms with Gasteiger partial charge >= 0.3 is 0 Å². The number of ether oxygens (including phenoxy) is 1. The topological polar surface area (TPSA) is 75.6 Å². The summed E-state index contributed by atoms with van der Waals surface area (Å²) in [6.07, 6.45) is 1.88. The van der Waals surface area contributed by atoms with Gasteiger partial charge in [-0.2, -0.15) is 0 Å². The molecule has 0 heterocycles. The standard InChI is InChI=1S/C15H17NO4S2/c1-20-15-7-6-11(10-17)8-14(15)16-22(18,19)13-5-3-4-12(9-13)21-2/h3-9,16-17H,10H2,1-2H3. The Morgan fingerprint density at radius 2 is 2.00 bits per heavy atom. The maximum Gasteiger partial charge on any atom is 0.262 e. The number of aliphatic hydroxyl groups is 1. The van der Waals surface area contributed by atoms with Crippen LogP contribution in [-0.4, -0.2) is 26.9 Å². The molecule has 0 fully saturated rings. The Bertz CT molecular complexity index is 760. The van der Waals surface area contributed by atoms with Crippen LogP contribution in [0.5, 0.6) is 5.75 Å². The average molecular weight is 339 g/mol. The van der Waals surface area contributed by atoms with Gasteiger partial charge in [0.1, 0.15) is 5.75 Å². The summed E-state index contributed by atoms with van der Waals surface area (Å²) >= 11 is 1.47. The Balaban J connectivity index is 2.39. The fourth-order valence-corrected chi connectivity index (χ4v) is 3.55. The molecule has 0 bridgehead atoms. The number of anilines is 1. The fourth-order valence-electron chi connectivity index (χ4n) is 1.91. The summed E-state index contributed by atoms with van der Waals surface area (Å²) in [4.78, 5) is 1.04. The van der Waals surface area contributed by atoms with E-state index in [0.717, 1.165) is 4.90 Å². The molecule has 0 radical (unpaired) electrons.